The predicted molar refractivity (Wildman–Crippen MR) is 103 cm³/mol. The third-order valence-corrected chi connectivity index (χ3v) is 6.79. The van der Waals surface area contributed by atoms with E-state index in [-0.39, 0.29) is 23.8 Å². The van der Waals surface area contributed by atoms with Crippen LogP contribution >= 0.6 is 0 Å². The van der Waals surface area contributed by atoms with Crippen LogP contribution in [0.4, 0.5) is 0 Å². The van der Waals surface area contributed by atoms with Gasteiger partial charge in [0, 0.05) is 0 Å². The molecule has 2 radical (unpaired) electrons. The van der Waals surface area contributed by atoms with Gasteiger partial charge in [-0.1, -0.05) is 0 Å². The molecule has 0 atom stereocenters. The first-order chi connectivity index (χ1) is 12.1. The molecule has 0 saturated carbocycles. The van der Waals surface area contributed by atoms with Crippen molar-refractivity contribution in [2.75, 3.05) is 0 Å². The maximum absolute atomic E-state index is 12.3. The second-order valence-corrected chi connectivity index (χ2v) is 9.12. The predicted octanol–water partition coefficient (Wildman–Crippen LogP) is 5.60. The van der Waals surface area contributed by atoms with Crippen LogP contribution in [0.2, 0.25) is 0 Å². The topological polar surface area (TPSA) is 52.6 Å². The molecule has 0 aliphatic rings. The minimum absolute atomic E-state index is 0.0120. The summed E-state index contributed by atoms with van der Waals surface area (Å²) in [5, 5.41) is 0. The molecule has 146 valence electrons. The third kappa shape index (κ3) is 12.8. The molecule has 0 fully saturated rings. The Balaban J connectivity index is 4.31. The van der Waals surface area contributed by atoms with E-state index in [1.165, 1.54) is 0 Å². The third-order valence-electron chi connectivity index (χ3n) is 4.58. The van der Waals surface area contributed by atoms with E-state index in [9.17, 15) is 9.59 Å². The van der Waals surface area contributed by atoms with Crippen LogP contribution in [0.25, 0.3) is 0 Å². The van der Waals surface area contributed by atoms with E-state index in [0.717, 1.165) is 77.0 Å². The van der Waals surface area contributed by atoms with Crippen molar-refractivity contribution in [1.29, 1.82) is 0 Å². The van der Waals surface area contributed by atoms with Crippen LogP contribution in [0.15, 0.2) is 0 Å². The summed E-state index contributed by atoms with van der Waals surface area (Å²) in [5.41, 5.74) is 0. The molecule has 0 rings (SSSR count). The summed E-state index contributed by atoms with van der Waals surface area (Å²) in [7, 11) is 0. The summed E-state index contributed by atoms with van der Waals surface area (Å²) >= 11 is -2.09. The van der Waals surface area contributed by atoms with Gasteiger partial charge in [0.1, 0.15) is 0 Å². The van der Waals surface area contributed by atoms with Gasteiger partial charge in [0.25, 0.3) is 0 Å². The summed E-state index contributed by atoms with van der Waals surface area (Å²) in [5.74, 6) is -0.280. The molecular formula is C20H38O4Pb. The molecule has 0 aliphatic carbocycles. The van der Waals surface area contributed by atoms with E-state index >= 15 is 0 Å². The fourth-order valence-electron chi connectivity index (χ4n) is 2.83. The summed E-state index contributed by atoms with van der Waals surface area (Å²) in [6, 6.07) is 0. The molecule has 0 unspecified atom stereocenters. The van der Waals surface area contributed by atoms with Crippen molar-refractivity contribution in [3.8, 4) is 0 Å². The Labute approximate surface area is 168 Å². The zero-order chi connectivity index (χ0) is 18.9. The van der Waals surface area contributed by atoms with Gasteiger partial charge >= 0.3 is 169 Å². The summed E-state index contributed by atoms with van der Waals surface area (Å²) in [4.78, 5) is 24.6. The van der Waals surface area contributed by atoms with Crippen molar-refractivity contribution in [3.63, 3.8) is 0 Å². The molecule has 0 aliphatic heterocycles. The minimum atomic E-state index is -2.09. The van der Waals surface area contributed by atoms with Gasteiger partial charge in [0.15, 0.2) is 0 Å². The zero-order valence-corrected chi connectivity index (χ0v) is 20.7. The number of rotatable bonds is 16. The zero-order valence-electron chi connectivity index (χ0n) is 16.8. The second-order valence-electron chi connectivity index (χ2n) is 6.89. The molecule has 0 spiro atoms. The second kappa shape index (κ2) is 17.3. The SMILES string of the molecule is CCCCC(CCCC)C(=O)[O][Pb][O]C(=O)C(CCCC)CCCC. The molecule has 0 aromatic rings. The van der Waals surface area contributed by atoms with Crippen molar-refractivity contribution in [2.45, 2.75) is 105 Å². The number of carbonyl (C=O) groups is 2. The molecule has 0 heterocycles. The Bertz CT molecular complexity index is 299. The Kier molecular flexibility index (Phi) is 17.2. The summed E-state index contributed by atoms with van der Waals surface area (Å²) < 4.78 is 10.9. The van der Waals surface area contributed by atoms with Crippen LogP contribution in [0.3, 0.4) is 0 Å². The molecule has 5 heteroatoms. The van der Waals surface area contributed by atoms with Crippen molar-refractivity contribution in [1.82, 2.24) is 0 Å². The maximum atomic E-state index is 12.3. The number of unbranched alkanes of at least 4 members (excludes halogenated alkanes) is 4. The van der Waals surface area contributed by atoms with Gasteiger partial charge in [-0.3, -0.25) is 0 Å². The van der Waals surface area contributed by atoms with Crippen LogP contribution in [-0.4, -0.2) is 37.1 Å². The van der Waals surface area contributed by atoms with Gasteiger partial charge < -0.3 is 0 Å². The fourth-order valence-corrected chi connectivity index (χ4v) is 4.93. The Morgan fingerprint density at radius 2 is 0.920 bits per heavy atom. The first-order valence-electron chi connectivity index (χ1n) is 10.3. The van der Waals surface area contributed by atoms with E-state index in [1.54, 1.807) is 0 Å². The number of hydrogen-bond donors (Lipinski definition) is 0. The van der Waals surface area contributed by atoms with E-state index in [2.05, 4.69) is 27.7 Å². The Morgan fingerprint density at radius 1 is 0.640 bits per heavy atom. The first kappa shape index (κ1) is 24.9. The molecule has 0 saturated heterocycles. The Morgan fingerprint density at radius 3 is 1.16 bits per heavy atom. The van der Waals surface area contributed by atoms with Gasteiger partial charge in [-0.15, -0.1) is 0 Å². The van der Waals surface area contributed by atoms with E-state index in [4.69, 9.17) is 5.37 Å². The van der Waals surface area contributed by atoms with E-state index in [1.807, 2.05) is 0 Å². The van der Waals surface area contributed by atoms with Crippen LogP contribution < -0.4 is 0 Å². The van der Waals surface area contributed by atoms with Crippen LogP contribution in [0.1, 0.15) is 105 Å². The van der Waals surface area contributed by atoms with Crippen LogP contribution in [0, 0.1) is 11.8 Å². The molecular weight excluding hydrogens is 511 g/mol. The normalized spacial score (nSPS) is 11.1. The molecule has 0 bridgehead atoms. The standard InChI is InChI=1S/2C10H20O2.Pb/c2*1-3-5-7-9(10(11)12)8-6-4-2;/h2*9H,3-8H2,1-2H3,(H,11,12);/q;;+2/p-2. The summed E-state index contributed by atoms with van der Waals surface area (Å²) in [6.45, 7) is 8.54. The average molecular weight is 550 g/mol. The van der Waals surface area contributed by atoms with Crippen molar-refractivity contribution in [3.05, 3.63) is 0 Å². The molecule has 0 aromatic carbocycles. The van der Waals surface area contributed by atoms with Crippen molar-refractivity contribution < 1.29 is 15.0 Å². The summed E-state index contributed by atoms with van der Waals surface area (Å²) in [6.07, 6.45) is 12.1. The van der Waals surface area contributed by atoms with Crippen LogP contribution in [-0.2, 0) is 15.0 Å². The first-order valence-corrected chi connectivity index (χ1v) is 13.4. The molecule has 0 aromatic heterocycles. The average Bonchev–Trinajstić information content (AvgIpc) is 2.61. The van der Waals surface area contributed by atoms with Crippen LogP contribution in [0.5, 0.6) is 0 Å². The van der Waals surface area contributed by atoms with Gasteiger partial charge in [-0.25, -0.2) is 0 Å². The molecule has 4 nitrogen and oxygen atoms in total. The van der Waals surface area contributed by atoms with E-state index in [0.29, 0.717) is 0 Å². The molecule has 0 amide bonds. The Hall–Kier alpha value is -0.138. The number of hydrogen-bond acceptors (Lipinski definition) is 4. The molecule has 25 heavy (non-hydrogen) atoms. The van der Waals surface area contributed by atoms with Gasteiger partial charge in [0.2, 0.25) is 0 Å². The quantitative estimate of drug-likeness (QED) is 0.235. The van der Waals surface area contributed by atoms with Crippen molar-refractivity contribution in [2.24, 2.45) is 11.8 Å². The van der Waals surface area contributed by atoms with Crippen molar-refractivity contribution >= 4 is 37.1 Å². The van der Waals surface area contributed by atoms with Gasteiger partial charge in [-0.2, -0.15) is 0 Å². The molecule has 0 N–H and O–H groups in total. The monoisotopic (exact) mass is 550 g/mol. The van der Waals surface area contributed by atoms with Gasteiger partial charge in [0.05, 0.1) is 0 Å². The van der Waals surface area contributed by atoms with E-state index < -0.39 is 25.1 Å². The fraction of sp³-hybridized carbons (Fsp3) is 0.900. The van der Waals surface area contributed by atoms with Gasteiger partial charge in [-0.05, 0) is 0 Å². The number of carbonyl (C=O) groups excluding carboxylic acids is 2.